The number of benzene rings is 1. The third kappa shape index (κ3) is 4.90. The van der Waals surface area contributed by atoms with Crippen LogP contribution in [0.4, 0.5) is 4.39 Å². The molecule has 0 aliphatic carbocycles. The molecule has 0 saturated carbocycles. The molecule has 1 aromatic rings. The van der Waals surface area contributed by atoms with Gasteiger partial charge in [-0.1, -0.05) is 0 Å². The molecule has 4 nitrogen and oxygen atoms in total. The minimum Gasteiger partial charge on any atom is -0.491 e. The monoisotopic (exact) mass is 322 g/mol. The second-order valence-corrected chi connectivity index (χ2v) is 6.72. The summed E-state index contributed by atoms with van der Waals surface area (Å²) in [6.45, 7) is 5.46. The lowest BCUT2D eigenvalue weighted by molar-refractivity contribution is 0.0416. The standard InChI is InChI=1S/C18H27FN2O2/c19-15-5-7-18(8-6-15)23-14-17(22)13-20-9-3-4-16(12-20)21-10-1-2-11-21/h5-8,16-17,22H,1-4,9-14H2/t16-,17+/m0/s1. The number of hydrogen-bond donors (Lipinski definition) is 1. The summed E-state index contributed by atoms with van der Waals surface area (Å²) in [5.74, 6) is 0.318. The third-order valence-electron chi connectivity index (χ3n) is 4.86. The van der Waals surface area contributed by atoms with E-state index in [2.05, 4.69) is 9.80 Å². The van der Waals surface area contributed by atoms with Crippen molar-refractivity contribution >= 4 is 0 Å². The van der Waals surface area contributed by atoms with Crippen LogP contribution in [0, 0.1) is 5.82 Å². The van der Waals surface area contributed by atoms with Gasteiger partial charge in [-0.05, 0) is 69.6 Å². The minimum atomic E-state index is -0.516. The highest BCUT2D eigenvalue weighted by atomic mass is 19.1. The Balaban J connectivity index is 1.41. The summed E-state index contributed by atoms with van der Waals surface area (Å²) in [7, 11) is 0. The Morgan fingerprint density at radius 2 is 1.87 bits per heavy atom. The molecule has 0 aromatic heterocycles. The minimum absolute atomic E-state index is 0.247. The topological polar surface area (TPSA) is 35.9 Å². The van der Waals surface area contributed by atoms with Crippen molar-refractivity contribution in [2.24, 2.45) is 0 Å². The fraction of sp³-hybridized carbons (Fsp3) is 0.667. The maximum Gasteiger partial charge on any atom is 0.123 e. The van der Waals surface area contributed by atoms with Crippen molar-refractivity contribution in [3.63, 3.8) is 0 Å². The molecular weight excluding hydrogens is 295 g/mol. The quantitative estimate of drug-likeness (QED) is 0.870. The smallest absolute Gasteiger partial charge is 0.123 e. The molecule has 1 N–H and O–H groups in total. The van der Waals surface area contributed by atoms with Gasteiger partial charge in [0.05, 0.1) is 0 Å². The second-order valence-electron chi connectivity index (χ2n) is 6.72. The second kappa shape index (κ2) is 8.08. The van der Waals surface area contributed by atoms with Crippen molar-refractivity contribution in [2.75, 3.05) is 39.3 Å². The molecule has 1 aromatic carbocycles. The van der Waals surface area contributed by atoms with E-state index in [1.165, 1.54) is 50.9 Å². The fourth-order valence-electron chi connectivity index (χ4n) is 3.68. The van der Waals surface area contributed by atoms with Crippen LogP contribution >= 0.6 is 0 Å². The van der Waals surface area contributed by atoms with E-state index in [-0.39, 0.29) is 12.4 Å². The predicted octanol–water partition coefficient (Wildman–Crippen LogP) is 2.13. The van der Waals surface area contributed by atoms with E-state index >= 15 is 0 Å². The maximum atomic E-state index is 12.8. The Bertz CT molecular complexity index is 476. The van der Waals surface area contributed by atoms with Crippen molar-refractivity contribution in [1.29, 1.82) is 0 Å². The Labute approximate surface area is 137 Å². The zero-order valence-electron chi connectivity index (χ0n) is 13.7. The van der Waals surface area contributed by atoms with Crippen LogP contribution in [-0.2, 0) is 0 Å². The normalized spacial score (nSPS) is 24.7. The lowest BCUT2D eigenvalue weighted by Crippen LogP contribution is -2.49. The van der Waals surface area contributed by atoms with Crippen molar-refractivity contribution in [3.8, 4) is 5.75 Å². The number of nitrogens with zero attached hydrogens (tertiary/aromatic N) is 2. The maximum absolute atomic E-state index is 12.8. The highest BCUT2D eigenvalue weighted by molar-refractivity contribution is 5.22. The zero-order chi connectivity index (χ0) is 16.1. The molecule has 0 unspecified atom stereocenters. The molecule has 0 radical (unpaired) electrons. The first-order valence-electron chi connectivity index (χ1n) is 8.73. The molecule has 5 heteroatoms. The summed E-state index contributed by atoms with van der Waals surface area (Å²) in [4.78, 5) is 4.96. The molecule has 128 valence electrons. The number of halogens is 1. The summed E-state index contributed by atoms with van der Waals surface area (Å²) in [6.07, 6.45) is 4.61. The molecule has 23 heavy (non-hydrogen) atoms. The van der Waals surface area contributed by atoms with Crippen LogP contribution in [0.3, 0.4) is 0 Å². The number of ether oxygens (including phenoxy) is 1. The van der Waals surface area contributed by atoms with Gasteiger partial charge in [0.25, 0.3) is 0 Å². The number of rotatable bonds is 6. The van der Waals surface area contributed by atoms with E-state index in [9.17, 15) is 9.50 Å². The van der Waals surface area contributed by atoms with E-state index in [0.29, 0.717) is 18.3 Å². The lowest BCUT2D eigenvalue weighted by Gasteiger charge is -2.38. The van der Waals surface area contributed by atoms with E-state index in [4.69, 9.17) is 4.74 Å². The van der Waals surface area contributed by atoms with Gasteiger partial charge in [-0.2, -0.15) is 0 Å². The molecule has 2 fully saturated rings. The molecule has 0 spiro atoms. The van der Waals surface area contributed by atoms with Gasteiger partial charge in [-0.15, -0.1) is 0 Å². The zero-order valence-corrected chi connectivity index (χ0v) is 13.7. The van der Waals surface area contributed by atoms with Crippen LogP contribution in [0.2, 0.25) is 0 Å². The lowest BCUT2D eigenvalue weighted by atomic mass is 10.0. The first-order chi connectivity index (χ1) is 11.2. The predicted molar refractivity (Wildman–Crippen MR) is 88.2 cm³/mol. The first-order valence-corrected chi connectivity index (χ1v) is 8.73. The van der Waals surface area contributed by atoms with Gasteiger partial charge < -0.3 is 9.84 Å². The third-order valence-corrected chi connectivity index (χ3v) is 4.86. The van der Waals surface area contributed by atoms with Crippen molar-refractivity contribution in [1.82, 2.24) is 9.80 Å². The summed E-state index contributed by atoms with van der Waals surface area (Å²) in [5.41, 5.74) is 0. The van der Waals surface area contributed by atoms with Crippen LogP contribution < -0.4 is 4.74 Å². The van der Waals surface area contributed by atoms with Crippen LogP contribution in [-0.4, -0.2) is 66.4 Å². The highest BCUT2D eigenvalue weighted by Crippen LogP contribution is 2.20. The van der Waals surface area contributed by atoms with Gasteiger partial charge in [0.1, 0.15) is 24.3 Å². The summed E-state index contributed by atoms with van der Waals surface area (Å²) in [6, 6.07) is 6.56. The van der Waals surface area contributed by atoms with E-state index < -0.39 is 6.10 Å². The van der Waals surface area contributed by atoms with Crippen molar-refractivity contribution in [2.45, 2.75) is 37.8 Å². The molecular formula is C18H27FN2O2. The molecule has 0 bridgehead atoms. The van der Waals surface area contributed by atoms with Gasteiger partial charge in [0, 0.05) is 19.1 Å². The van der Waals surface area contributed by atoms with Crippen LogP contribution in [0.15, 0.2) is 24.3 Å². The average Bonchev–Trinajstić information content (AvgIpc) is 3.09. The summed E-state index contributed by atoms with van der Waals surface area (Å²) in [5, 5.41) is 10.2. The van der Waals surface area contributed by atoms with E-state index in [1.807, 2.05) is 0 Å². The Morgan fingerprint density at radius 1 is 1.13 bits per heavy atom. The molecule has 2 aliphatic heterocycles. The molecule has 2 aliphatic rings. The molecule has 2 saturated heterocycles. The van der Waals surface area contributed by atoms with Crippen molar-refractivity contribution < 1.29 is 14.2 Å². The summed E-state index contributed by atoms with van der Waals surface area (Å²) < 4.78 is 18.4. The number of likely N-dealkylation sites (tertiary alicyclic amines) is 2. The molecule has 2 heterocycles. The Morgan fingerprint density at radius 3 is 2.61 bits per heavy atom. The Hall–Kier alpha value is -1.17. The highest BCUT2D eigenvalue weighted by Gasteiger charge is 2.27. The first kappa shape index (κ1) is 16.7. The summed E-state index contributed by atoms with van der Waals surface area (Å²) >= 11 is 0. The van der Waals surface area contributed by atoms with Gasteiger partial charge in [-0.25, -0.2) is 4.39 Å². The number of aliphatic hydroxyl groups is 1. The molecule has 2 atom stereocenters. The van der Waals surface area contributed by atoms with Crippen LogP contribution in [0.5, 0.6) is 5.75 Å². The van der Waals surface area contributed by atoms with Crippen LogP contribution in [0.1, 0.15) is 25.7 Å². The van der Waals surface area contributed by atoms with E-state index in [0.717, 1.165) is 13.1 Å². The average molecular weight is 322 g/mol. The number of piperidine rings is 1. The van der Waals surface area contributed by atoms with Gasteiger partial charge in [0.2, 0.25) is 0 Å². The number of β-amino-alcohol motifs (C(OH)–C–C–N with tert-alkyl or cyclic N) is 1. The van der Waals surface area contributed by atoms with Crippen molar-refractivity contribution in [3.05, 3.63) is 30.1 Å². The molecule has 0 amide bonds. The number of hydrogen-bond acceptors (Lipinski definition) is 4. The van der Waals surface area contributed by atoms with Gasteiger partial charge in [0.15, 0.2) is 0 Å². The SMILES string of the molecule is O[C@@H](COc1ccc(F)cc1)CN1CCC[C@H](N2CCCC2)C1. The van der Waals surface area contributed by atoms with E-state index in [1.54, 1.807) is 12.1 Å². The fourth-order valence-corrected chi connectivity index (χ4v) is 3.68. The Kier molecular flexibility index (Phi) is 5.86. The van der Waals surface area contributed by atoms with Gasteiger partial charge in [-0.3, -0.25) is 9.80 Å². The van der Waals surface area contributed by atoms with Crippen LogP contribution in [0.25, 0.3) is 0 Å². The molecule has 3 rings (SSSR count). The largest absolute Gasteiger partial charge is 0.491 e. The number of aliphatic hydroxyl groups excluding tert-OH is 1. The van der Waals surface area contributed by atoms with Gasteiger partial charge >= 0.3 is 0 Å².